The van der Waals surface area contributed by atoms with E-state index in [9.17, 15) is 18.4 Å². The van der Waals surface area contributed by atoms with E-state index >= 15 is 0 Å². The second-order valence-corrected chi connectivity index (χ2v) is 5.30. The average Bonchev–Trinajstić information content (AvgIpc) is 2.89. The molecule has 1 N–H and O–H groups in total. The van der Waals surface area contributed by atoms with Crippen molar-refractivity contribution in [1.29, 1.82) is 0 Å². The first-order valence-corrected chi connectivity index (χ1v) is 6.90. The van der Waals surface area contributed by atoms with E-state index < -0.39 is 17.6 Å². The van der Waals surface area contributed by atoms with Gasteiger partial charge in [0.25, 0.3) is 0 Å². The van der Waals surface area contributed by atoms with Gasteiger partial charge in [0.2, 0.25) is 5.91 Å². The predicted octanol–water partition coefficient (Wildman–Crippen LogP) is 2.22. The van der Waals surface area contributed by atoms with Crippen molar-refractivity contribution in [1.82, 2.24) is 4.90 Å². The maximum absolute atomic E-state index is 13.5. The van der Waals surface area contributed by atoms with Gasteiger partial charge in [0.05, 0.1) is 6.42 Å². The number of halogens is 2. The number of aliphatic carboxylic acids is 1. The fourth-order valence-electron chi connectivity index (χ4n) is 2.59. The van der Waals surface area contributed by atoms with Gasteiger partial charge < -0.3 is 10.0 Å². The Morgan fingerprint density at radius 1 is 1.29 bits per heavy atom. The molecule has 6 heteroatoms. The zero-order valence-corrected chi connectivity index (χ0v) is 11.5. The van der Waals surface area contributed by atoms with E-state index in [4.69, 9.17) is 5.11 Å². The minimum absolute atomic E-state index is 0.0780. The molecule has 1 atom stereocenters. The first kappa shape index (κ1) is 15.4. The molecule has 1 aliphatic heterocycles. The van der Waals surface area contributed by atoms with Crippen LogP contribution in [-0.2, 0) is 16.0 Å². The highest BCUT2D eigenvalue weighted by Crippen LogP contribution is 2.22. The summed E-state index contributed by atoms with van der Waals surface area (Å²) >= 11 is 0. The third kappa shape index (κ3) is 4.00. The van der Waals surface area contributed by atoms with Crippen molar-refractivity contribution in [3.63, 3.8) is 0 Å². The third-order valence-electron chi connectivity index (χ3n) is 3.79. The average molecular weight is 297 g/mol. The number of amides is 1. The summed E-state index contributed by atoms with van der Waals surface area (Å²) in [5.74, 6) is -2.46. The standard InChI is InChI=1S/C15H17F2NO3/c16-12-2-1-3-13(17)11(12)8-14(19)18-7-6-10(9-18)4-5-15(20)21/h1-3,10H,4-9H2,(H,20,21). The summed E-state index contributed by atoms with van der Waals surface area (Å²) in [6.45, 7) is 0.974. The van der Waals surface area contributed by atoms with Crippen molar-refractivity contribution in [2.24, 2.45) is 5.92 Å². The van der Waals surface area contributed by atoms with Crippen molar-refractivity contribution in [2.45, 2.75) is 25.7 Å². The molecule has 0 radical (unpaired) electrons. The molecule has 114 valence electrons. The van der Waals surface area contributed by atoms with Gasteiger partial charge in [0.15, 0.2) is 0 Å². The number of carboxylic acids is 1. The van der Waals surface area contributed by atoms with E-state index in [0.29, 0.717) is 19.5 Å². The molecule has 0 saturated carbocycles. The molecule has 1 aromatic rings. The minimum atomic E-state index is -0.854. The first-order chi connectivity index (χ1) is 9.97. The highest BCUT2D eigenvalue weighted by molar-refractivity contribution is 5.79. The highest BCUT2D eigenvalue weighted by atomic mass is 19.1. The van der Waals surface area contributed by atoms with E-state index in [1.807, 2.05) is 0 Å². The van der Waals surface area contributed by atoms with E-state index in [-0.39, 0.29) is 30.2 Å². The maximum atomic E-state index is 13.5. The van der Waals surface area contributed by atoms with Crippen LogP contribution in [0.2, 0.25) is 0 Å². The Bertz CT molecular complexity index is 527. The summed E-state index contributed by atoms with van der Waals surface area (Å²) in [6, 6.07) is 3.52. The molecule has 1 heterocycles. The quantitative estimate of drug-likeness (QED) is 0.906. The van der Waals surface area contributed by atoms with E-state index in [0.717, 1.165) is 18.6 Å². The van der Waals surface area contributed by atoms with E-state index in [2.05, 4.69) is 0 Å². The first-order valence-electron chi connectivity index (χ1n) is 6.90. The summed E-state index contributed by atoms with van der Waals surface area (Å²) in [6.07, 6.45) is 1.03. The Morgan fingerprint density at radius 3 is 2.57 bits per heavy atom. The van der Waals surface area contributed by atoms with Crippen LogP contribution < -0.4 is 0 Å². The van der Waals surface area contributed by atoms with Crippen molar-refractivity contribution >= 4 is 11.9 Å². The number of carboxylic acid groups (broad SMARTS) is 1. The SMILES string of the molecule is O=C(O)CCC1CCN(C(=O)Cc2c(F)cccc2F)C1. The lowest BCUT2D eigenvalue weighted by Crippen LogP contribution is -2.30. The Labute approximate surface area is 121 Å². The Kier molecular flexibility index (Phi) is 4.88. The summed E-state index contributed by atoms with van der Waals surface area (Å²) < 4.78 is 27.0. The fourth-order valence-corrected chi connectivity index (χ4v) is 2.59. The zero-order chi connectivity index (χ0) is 15.4. The van der Waals surface area contributed by atoms with Gasteiger partial charge in [-0.2, -0.15) is 0 Å². The van der Waals surface area contributed by atoms with Crippen molar-refractivity contribution in [2.75, 3.05) is 13.1 Å². The molecule has 0 spiro atoms. The zero-order valence-electron chi connectivity index (χ0n) is 11.5. The molecule has 1 unspecified atom stereocenters. The van der Waals surface area contributed by atoms with Crippen molar-refractivity contribution in [3.8, 4) is 0 Å². The smallest absolute Gasteiger partial charge is 0.303 e. The number of hydrogen-bond acceptors (Lipinski definition) is 2. The molecule has 0 aromatic heterocycles. The number of rotatable bonds is 5. The number of likely N-dealkylation sites (tertiary alicyclic amines) is 1. The lowest BCUT2D eigenvalue weighted by molar-refractivity contribution is -0.137. The molecule has 4 nitrogen and oxygen atoms in total. The van der Waals surface area contributed by atoms with Crippen LogP contribution in [0, 0.1) is 17.6 Å². The lowest BCUT2D eigenvalue weighted by atomic mass is 10.0. The molecule has 1 aromatic carbocycles. The molecule has 21 heavy (non-hydrogen) atoms. The van der Waals surface area contributed by atoms with Gasteiger partial charge >= 0.3 is 5.97 Å². The van der Waals surface area contributed by atoms with Gasteiger partial charge in [-0.1, -0.05) is 6.07 Å². The lowest BCUT2D eigenvalue weighted by Gasteiger charge is -2.17. The molecule has 1 saturated heterocycles. The number of carbonyl (C=O) groups excluding carboxylic acids is 1. The molecule has 1 fully saturated rings. The number of benzene rings is 1. The highest BCUT2D eigenvalue weighted by Gasteiger charge is 2.27. The maximum Gasteiger partial charge on any atom is 0.303 e. The fraction of sp³-hybridized carbons (Fsp3) is 0.467. The van der Waals surface area contributed by atoms with Crippen LogP contribution in [0.4, 0.5) is 8.78 Å². The van der Waals surface area contributed by atoms with Crippen LogP contribution >= 0.6 is 0 Å². The molecule has 1 amide bonds. The molecule has 2 rings (SSSR count). The van der Waals surface area contributed by atoms with E-state index in [1.54, 1.807) is 4.90 Å². The van der Waals surface area contributed by atoms with Crippen molar-refractivity contribution < 1.29 is 23.5 Å². The third-order valence-corrected chi connectivity index (χ3v) is 3.79. The second kappa shape index (κ2) is 6.65. The van der Waals surface area contributed by atoms with Crippen LogP contribution in [0.15, 0.2) is 18.2 Å². The van der Waals surface area contributed by atoms with Crippen LogP contribution in [-0.4, -0.2) is 35.0 Å². The molecule has 0 bridgehead atoms. The normalized spacial score (nSPS) is 18.0. The van der Waals surface area contributed by atoms with E-state index in [1.165, 1.54) is 6.07 Å². The summed E-state index contributed by atoms with van der Waals surface area (Å²) in [4.78, 5) is 24.2. The molecular weight excluding hydrogens is 280 g/mol. The molecule has 1 aliphatic rings. The Hall–Kier alpha value is -1.98. The van der Waals surface area contributed by atoms with Crippen LogP contribution in [0.1, 0.15) is 24.8 Å². The van der Waals surface area contributed by atoms with Gasteiger partial charge in [-0.15, -0.1) is 0 Å². The summed E-state index contributed by atoms with van der Waals surface area (Å²) in [5.41, 5.74) is -0.212. The number of hydrogen-bond donors (Lipinski definition) is 1. The minimum Gasteiger partial charge on any atom is -0.481 e. The van der Waals surface area contributed by atoms with Gasteiger partial charge in [-0.25, -0.2) is 8.78 Å². The van der Waals surface area contributed by atoms with Crippen LogP contribution in [0.3, 0.4) is 0 Å². The van der Waals surface area contributed by atoms with Gasteiger partial charge in [0.1, 0.15) is 11.6 Å². The van der Waals surface area contributed by atoms with Gasteiger partial charge in [0, 0.05) is 25.1 Å². The molecule has 0 aliphatic carbocycles. The topological polar surface area (TPSA) is 57.6 Å². The number of nitrogens with zero attached hydrogens (tertiary/aromatic N) is 1. The van der Waals surface area contributed by atoms with Gasteiger partial charge in [-0.05, 0) is 30.9 Å². The second-order valence-electron chi connectivity index (χ2n) is 5.30. The Balaban J connectivity index is 1.91. The predicted molar refractivity (Wildman–Crippen MR) is 71.6 cm³/mol. The summed E-state index contributed by atoms with van der Waals surface area (Å²) in [7, 11) is 0. The monoisotopic (exact) mass is 297 g/mol. The van der Waals surface area contributed by atoms with Crippen molar-refractivity contribution in [3.05, 3.63) is 35.4 Å². The molecular formula is C15H17F2NO3. The number of carbonyl (C=O) groups is 2. The summed E-state index contributed by atoms with van der Waals surface area (Å²) in [5, 5.41) is 8.64. The Morgan fingerprint density at radius 2 is 1.95 bits per heavy atom. The van der Waals surface area contributed by atoms with Crippen LogP contribution in [0.5, 0.6) is 0 Å². The van der Waals surface area contributed by atoms with Gasteiger partial charge in [-0.3, -0.25) is 9.59 Å². The van der Waals surface area contributed by atoms with Crippen LogP contribution in [0.25, 0.3) is 0 Å². The largest absolute Gasteiger partial charge is 0.481 e.